The zero-order valence-electron chi connectivity index (χ0n) is 13.6. The van der Waals surface area contributed by atoms with E-state index < -0.39 is 11.9 Å². The van der Waals surface area contributed by atoms with E-state index in [9.17, 15) is 9.59 Å². The van der Waals surface area contributed by atoms with Crippen molar-refractivity contribution in [1.82, 2.24) is 0 Å². The predicted molar refractivity (Wildman–Crippen MR) is 86.3 cm³/mol. The van der Waals surface area contributed by atoms with E-state index in [1.807, 2.05) is 13.8 Å². The van der Waals surface area contributed by atoms with Crippen molar-refractivity contribution in [3.05, 3.63) is 47.6 Å². The molecule has 0 N–H and O–H groups in total. The van der Waals surface area contributed by atoms with E-state index in [0.29, 0.717) is 24.3 Å². The van der Waals surface area contributed by atoms with Crippen LogP contribution in [0.3, 0.4) is 0 Å². The van der Waals surface area contributed by atoms with Gasteiger partial charge in [0.05, 0.1) is 0 Å². The fourth-order valence-electron chi connectivity index (χ4n) is 2.35. The molecule has 0 aliphatic rings. The largest absolute Gasteiger partial charge is 0.426 e. The molecular formula is C18H22O4. The lowest BCUT2D eigenvalue weighted by atomic mass is 9.92. The summed E-state index contributed by atoms with van der Waals surface area (Å²) in [6.45, 7) is 13.9. The zero-order valence-corrected chi connectivity index (χ0v) is 13.6. The van der Waals surface area contributed by atoms with E-state index in [4.69, 9.17) is 9.47 Å². The molecule has 0 spiro atoms. The summed E-state index contributed by atoms with van der Waals surface area (Å²) in [5, 5.41) is 0. The normalized spacial score (nSPS) is 10.0. The molecule has 1 rings (SSSR count). The molecule has 0 fully saturated rings. The summed E-state index contributed by atoms with van der Waals surface area (Å²) in [5.74, 6) is 0.241. The third-order valence-corrected chi connectivity index (χ3v) is 3.34. The van der Waals surface area contributed by atoms with Crippen LogP contribution in [0.15, 0.2) is 25.3 Å². The molecule has 1 aromatic rings. The first kappa shape index (κ1) is 17.7. The van der Waals surface area contributed by atoms with Gasteiger partial charge < -0.3 is 9.47 Å². The molecule has 4 nitrogen and oxygen atoms in total. The van der Waals surface area contributed by atoms with Crippen molar-refractivity contribution >= 4 is 11.9 Å². The molecule has 0 aromatic heterocycles. The third-order valence-electron chi connectivity index (χ3n) is 3.34. The van der Waals surface area contributed by atoms with E-state index >= 15 is 0 Å². The van der Waals surface area contributed by atoms with Gasteiger partial charge in [0.1, 0.15) is 11.5 Å². The summed E-state index contributed by atoms with van der Waals surface area (Å²) < 4.78 is 10.8. The summed E-state index contributed by atoms with van der Waals surface area (Å²) in [7, 11) is 0. The van der Waals surface area contributed by atoms with Crippen LogP contribution in [0.2, 0.25) is 0 Å². The quantitative estimate of drug-likeness (QED) is 0.457. The van der Waals surface area contributed by atoms with Crippen molar-refractivity contribution in [2.45, 2.75) is 40.5 Å². The molecule has 0 aliphatic carbocycles. The molecule has 118 valence electrons. The molecular weight excluding hydrogens is 280 g/mol. The van der Waals surface area contributed by atoms with Gasteiger partial charge in [-0.15, -0.1) is 13.2 Å². The van der Waals surface area contributed by atoms with E-state index in [1.165, 1.54) is 13.8 Å². The molecule has 0 saturated carbocycles. The van der Waals surface area contributed by atoms with E-state index in [2.05, 4.69) is 13.2 Å². The molecule has 0 atom stereocenters. The first-order valence-corrected chi connectivity index (χ1v) is 7.06. The van der Waals surface area contributed by atoms with Crippen LogP contribution in [0.1, 0.15) is 36.1 Å². The Morgan fingerprint density at radius 2 is 1.18 bits per heavy atom. The fraction of sp³-hybridized carbons (Fsp3) is 0.333. The Hall–Kier alpha value is -2.36. The lowest BCUT2D eigenvalue weighted by Gasteiger charge is -2.21. The van der Waals surface area contributed by atoms with Gasteiger partial charge in [0.2, 0.25) is 0 Å². The molecule has 0 radical (unpaired) electrons. The minimum atomic E-state index is -0.391. The predicted octanol–water partition coefficient (Wildman–Crippen LogP) is 3.61. The van der Waals surface area contributed by atoms with Crippen molar-refractivity contribution in [3.8, 4) is 11.5 Å². The standard InChI is InChI=1S/C18H22O4/c1-7-9-15-16(10-8-2)18(22-14(6)20)12(4)11(3)17(15)21-13(5)19/h7-8H,1-2,9-10H2,3-6H3. The molecule has 22 heavy (non-hydrogen) atoms. The number of rotatable bonds is 6. The summed E-state index contributed by atoms with van der Waals surface area (Å²) in [6.07, 6.45) is 4.45. The number of hydrogen-bond acceptors (Lipinski definition) is 4. The average molecular weight is 302 g/mol. The first-order valence-electron chi connectivity index (χ1n) is 7.06. The van der Waals surface area contributed by atoms with Crippen molar-refractivity contribution in [1.29, 1.82) is 0 Å². The minimum absolute atomic E-state index is 0.391. The van der Waals surface area contributed by atoms with E-state index in [0.717, 1.165) is 22.3 Å². The van der Waals surface area contributed by atoms with Crippen LogP contribution in [0.25, 0.3) is 0 Å². The fourth-order valence-corrected chi connectivity index (χ4v) is 2.35. The van der Waals surface area contributed by atoms with Crippen LogP contribution in [0.5, 0.6) is 11.5 Å². The highest BCUT2D eigenvalue weighted by molar-refractivity contribution is 5.75. The zero-order chi connectivity index (χ0) is 16.9. The van der Waals surface area contributed by atoms with E-state index in [1.54, 1.807) is 12.2 Å². The molecule has 0 amide bonds. The van der Waals surface area contributed by atoms with Crippen LogP contribution in [-0.4, -0.2) is 11.9 Å². The number of benzene rings is 1. The maximum Gasteiger partial charge on any atom is 0.308 e. The van der Waals surface area contributed by atoms with E-state index in [-0.39, 0.29) is 0 Å². The summed E-state index contributed by atoms with van der Waals surface area (Å²) in [6, 6.07) is 0. The number of ether oxygens (including phenoxy) is 2. The smallest absolute Gasteiger partial charge is 0.308 e. The topological polar surface area (TPSA) is 52.6 Å². The summed E-state index contributed by atoms with van der Waals surface area (Å²) >= 11 is 0. The maximum atomic E-state index is 11.4. The number of carbonyl (C=O) groups is 2. The number of esters is 2. The van der Waals surface area contributed by atoms with Crippen molar-refractivity contribution in [3.63, 3.8) is 0 Å². The number of allylic oxidation sites excluding steroid dienone is 2. The average Bonchev–Trinajstić information content (AvgIpc) is 2.43. The van der Waals surface area contributed by atoms with Crippen LogP contribution < -0.4 is 9.47 Å². The van der Waals surface area contributed by atoms with Gasteiger partial charge >= 0.3 is 11.9 Å². The second-order valence-electron chi connectivity index (χ2n) is 5.04. The monoisotopic (exact) mass is 302 g/mol. The Labute approximate surface area is 131 Å². The van der Waals surface area contributed by atoms with Gasteiger partial charge in [-0.3, -0.25) is 9.59 Å². The second kappa shape index (κ2) is 7.59. The van der Waals surface area contributed by atoms with Crippen molar-refractivity contribution in [2.24, 2.45) is 0 Å². The lowest BCUT2D eigenvalue weighted by molar-refractivity contribution is -0.133. The molecule has 0 aliphatic heterocycles. The molecule has 1 aromatic carbocycles. The number of carbonyl (C=O) groups excluding carboxylic acids is 2. The van der Waals surface area contributed by atoms with Crippen molar-refractivity contribution < 1.29 is 19.1 Å². The third kappa shape index (κ3) is 3.85. The van der Waals surface area contributed by atoms with Gasteiger partial charge in [0, 0.05) is 25.0 Å². The van der Waals surface area contributed by atoms with Crippen LogP contribution in [0.4, 0.5) is 0 Å². The Balaban J connectivity index is 3.72. The van der Waals surface area contributed by atoms with Crippen LogP contribution in [-0.2, 0) is 22.4 Å². The minimum Gasteiger partial charge on any atom is -0.426 e. The number of hydrogen-bond donors (Lipinski definition) is 0. The van der Waals surface area contributed by atoms with Gasteiger partial charge in [0.25, 0.3) is 0 Å². The SMILES string of the molecule is C=CCc1c(CC=C)c(OC(C)=O)c(C)c(C)c1OC(C)=O. The maximum absolute atomic E-state index is 11.4. The van der Waals surface area contributed by atoms with Gasteiger partial charge in [-0.1, -0.05) is 12.2 Å². The Bertz CT molecular complexity index is 572. The van der Waals surface area contributed by atoms with Gasteiger partial charge in [-0.25, -0.2) is 0 Å². The molecule has 0 heterocycles. The summed E-state index contributed by atoms with van der Waals surface area (Å²) in [5.41, 5.74) is 3.14. The molecule has 0 unspecified atom stereocenters. The second-order valence-corrected chi connectivity index (χ2v) is 5.04. The first-order chi connectivity index (χ1) is 10.3. The molecule has 0 saturated heterocycles. The highest BCUT2D eigenvalue weighted by Gasteiger charge is 2.22. The highest BCUT2D eigenvalue weighted by atomic mass is 16.5. The molecule has 0 bridgehead atoms. The van der Waals surface area contributed by atoms with Gasteiger partial charge in [0.15, 0.2) is 0 Å². The Morgan fingerprint density at radius 3 is 1.41 bits per heavy atom. The molecule has 4 heteroatoms. The summed E-state index contributed by atoms with van der Waals surface area (Å²) in [4.78, 5) is 22.8. The lowest BCUT2D eigenvalue weighted by Crippen LogP contribution is -2.13. The van der Waals surface area contributed by atoms with Crippen LogP contribution >= 0.6 is 0 Å². The highest BCUT2D eigenvalue weighted by Crippen LogP contribution is 2.39. The van der Waals surface area contributed by atoms with Gasteiger partial charge in [-0.2, -0.15) is 0 Å². The van der Waals surface area contributed by atoms with Crippen molar-refractivity contribution in [2.75, 3.05) is 0 Å². The Morgan fingerprint density at radius 1 is 0.864 bits per heavy atom. The van der Waals surface area contributed by atoms with Gasteiger partial charge in [-0.05, 0) is 37.8 Å². The Kier molecular flexibility index (Phi) is 6.11. The van der Waals surface area contributed by atoms with Crippen LogP contribution in [0, 0.1) is 13.8 Å².